The molecule has 1 aromatic heterocycles. The summed E-state index contributed by atoms with van der Waals surface area (Å²) >= 11 is 6.08. The summed E-state index contributed by atoms with van der Waals surface area (Å²) in [6.07, 6.45) is 1.60. The molecule has 1 aliphatic heterocycles. The van der Waals surface area contributed by atoms with Gasteiger partial charge >= 0.3 is 0 Å². The number of piperazine rings is 1. The second kappa shape index (κ2) is 9.80. The zero-order valence-corrected chi connectivity index (χ0v) is 18.3. The van der Waals surface area contributed by atoms with E-state index in [0.29, 0.717) is 42.6 Å². The fraction of sp³-hybridized carbons (Fsp3) is 0.227. The Bertz CT molecular complexity index is 1190. The minimum atomic E-state index is -0.479. The predicted molar refractivity (Wildman–Crippen MR) is 123 cm³/mol. The maximum absolute atomic E-state index is 12.9. The van der Waals surface area contributed by atoms with Crippen molar-refractivity contribution in [1.82, 2.24) is 19.6 Å². The number of benzene rings is 2. The van der Waals surface area contributed by atoms with Crippen LogP contribution in [0.4, 0.5) is 11.4 Å². The van der Waals surface area contributed by atoms with E-state index in [-0.39, 0.29) is 29.7 Å². The van der Waals surface area contributed by atoms with E-state index in [1.54, 1.807) is 53.6 Å². The normalized spacial score (nSPS) is 14.2. The van der Waals surface area contributed by atoms with Crippen molar-refractivity contribution in [1.29, 1.82) is 0 Å². The Morgan fingerprint density at radius 2 is 1.82 bits per heavy atom. The van der Waals surface area contributed by atoms with E-state index < -0.39 is 4.92 Å². The molecular weight excluding hydrogens is 448 g/mol. The highest BCUT2D eigenvalue weighted by atomic mass is 35.5. The number of nitrogens with zero attached hydrogens (tertiary/aromatic N) is 5. The summed E-state index contributed by atoms with van der Waals surface area (Å²) in [4.78, 5) is 39.3. The number of carbonyl (C=O) groups is 2. The van der Waals surface area contributed by atoms with Gasteiger partial charge in [0.1, 0.15) is 0 Å². The van der Waals surface area contributed by atoms with Crippen molar-refractivity contribution in [2.45, 2.75) is 0 Å². The van der Waals surface area contributed by atoms with Gasteiger partial charge in [-0.2, -0.15) is 5.10 Å². The Hall–Kier alpha value is -3.76. The van der Waals surface area contributed by atoms with E-state index in [1.165, 1.54) is 16.8 Å². The first-order valence-electron chi connectivity index (χ1n) is 10.3. The van der Waals surface area contributed by atoms with Gasteiger partial charge in [0.15, 0.2) is 5.69 Å². The monoisotopic (exact) mass is 468 g/mol. The molecular formula is C22H21ClN6O4. The smallest absolute Gasteiger partial charge is 0.274 e. The molecule has 1 fully saturated rings. The van der Waals surface area contributed by atoms with E-state index >= 15 is 0 Å². The first-order valence-corrected chi connectivity index (χ1v) is 10.6. The Balaban J connectivity index is 1.32. The minimum Gasteiger partial charge on any atom is -0.335 e. The molecule has 0 saturated carbocycles. The molecule has 1 N–H and O–H groups in total. The number of hydrogen-bond donors (Lipinski definition) is 1. The second-order valence-electron chi connectivity index (χ2n) is 7.52. The van der Waals surface area contributed by atoms with Crippen molar-refractivity contribution in [3.63, 3.8) is 0 Å². The number of halogens is 1. The lowest BCUT2D eigenvalue weighted by molar-refractivity contribution is -0.384. The van der Waals surface area contributed by atoms with Gasteiger partial charge in [-0.05, 0) is 24.3 Å². The van der Waals surface area contributed by atoms with Crippen LogP contribution in [0.15, 0.2) is 60.8 Å². The average molecular weight is 469 g/mol. The van der Waals surface area contributed by atoms with Crippen LogP contribution < -0.4 is 5.32 Å². The van der Waals surface area contributed by atoms with Crippen molar-refractivity contribution in [2.24, 2.45) is 0 Å². The van der Waals surface area contributed by atoms with E-state index in [9.17, 15) is 19.7 Å². The van der Waals surface area contributed by atoms with Gasteiger partial charge in [-0.3, -0.25) is 24.6 Å². The van der Waals surface area contributed by atoms with E-state index in [0.717, 1.165) is 0 Å². The highest BCUT2D eigenvalue weighted by Crippen LogP contribution is 2.20. The Kier molecular flexibility index (Phi) is 6.66. The first-order chi connectivity index (χ1) is 15.9. The molecule has 0 atom stereocenters. The van der Waals surface area contributed by atoms with Crippen LogP contribution in [0, 0.1) is 10.1 Å². The van der Waals surface area contributed by atoms with Crippen LogP contribution >= 0.6 is 11.6 Å². The number of aromatic nitrogens is 2. The number of amides is 2. The van der Waals surface area contributed by atoms with Gasteiger partial charge in [0.2, 0.25) is 5.91 Å². The number of para-hydroxylation sites is 1. The highest BCUT2D eigenvalue weighted by Gasteiger charge is 2.25. The summed E-state index contributed by atoms with van der Waals surface area (Å²) in [7, 11) is 0. The van der Waals surface area contributed by atoms with Gasteiger partial charge in [-0.25, -0.2) is 4.68 Å². The molecule has 4 rings (SSSR count). The van der Waals surface area contributed by atoms with Crippen LogP contribution in [0.25, 0.3) is 5.69 Å². The van der Waals surface area contributed by atoms with Crippen molar-refractivity contribution >= 4 is 34.8 Å². The minimum absolute atomic E-state index is 0.0504. The molecule has 0 spiro atoms. The standard InChI is InChI=1S/C22H21ClN6O4/c23-18-6-1-2-7-19(18)24-21(30)15-26-10-12-27(13-11-26)22(31)20-8-9-28(25-20)16-4-3-5-17(14-16)29(32)33/h1-9,14H,10-13,15H2,(H,24,30). The Labute approximate surface area is 194 Å². The summed E-state index contributed by atoms with van der Waals surface area (Å²) in [6.45, 7) is 2.22. The van der Waals surface area contributed by atoms with Gasteiger partial charge in [-0.15, -0.1) is 0 Å². The Morgan fingerprint density at radius 3 is 2.55 bits per heavy atom. The molecule has 2 amide bonds. The topological polar surface area (TPSA) is 114 Å². The number of nitro groups is 1. The summed E-state index contributed by atoms with van der Waals surface area (Å²) < 4.78 is 1.44. The van der Waals surface area contributed by atoms with Crippen LogP contribution in [0.3, 0.4) is 0 Å². The predicted octanol–water partition coefficient (Wildman–Crippen LogP) is 2.83. The zero-order chi connectivity index (χ0) is 23.4. The third-order valence-corrected chi connectivity index (χ3v) is 5.62. The lowest BCUT2D eigenvalue weighted by Crippen LogP contribution is -2.50. The van der Waals surface area contributed by atoms with Gasteiger partial charge in [0.05, 0.1) is 27.9 Å². The molecule has 1 saturated heterocycles. The third-order valence-electron chi connectivity index (χ3n) is 5.29. The number of anilines is 1. The molecule has 170 valence electrons. The van der Waals surface area contributed by atoms with Crippen molar-refractivity contribution in [2.75, 3.05) is 38.0 Å². The number of carbonyl (C=O) groups excluding carboxylic acids is 2. The summed E-state index contributed by atoms with van der Waals surface area (Å²) in [6, 6.07) is 14.7. The van der Waals surface area contributed by atoms with Crippen LogP contribution in [-0.2, 0) is 4.79 Å². The third kappa shape index (κ3) is 5.36. The van der Waals surface area contributed by atoms with Gasteiger partial charge in [0, 0.05) is 44.5 Å². The van der Waals surface area contributed by atoms with Crippen molar-refractivity contribution < 1.29 is 14.5 Å². The molecule has 1 aliphatic rings. The van der Waals surface area contributed by atoms with Gasteiger partial charge in [-0.1, -0.05) is 29.8 Å². The van der Waals surface area contributed by atoms with E-state index in [1.807, 2.05) is 4.90 Å². The molecule has 33 heavy (non-hydrogen) atoms. The maximum Gasteiger partial charge on any atom is 0.274 e. The SMILES string of the molecule is O=C(CN1CCN(C(=O)c2ccn(-c3cccc([N+](=O)[O-])c3)n2)CC1)Nc1ccccc1Cl. The van der Waals surface area contributed by atoms with E-state index in [4.69, 9.17) is 11.6 Å². The number of non-ortho nitro benzene ring substituents is 1. The summed E-state index contributed by atoms with van der Waals surface area (Å²) in [5.41, 5.74) is 1.27. The molecule has 0 radical (unpaired) electrons. The fourth-order valence-corrected chi connectivity index (χ4v) is 3.74. The number of nitrogens with one attached hydrogen (secondary N) is 1. The van der Waals surface area contributed by atoms with Crippen molar-refractivity contribution in [3.8, 4) is 5.69 Å². The molecule has 11 heteroatoms. The maximum atomic E-state index is 12.9. The van der Waals surface area contributed by atoms with E-state index in [2.05, 4.69) is 10.4 Å². The summed E-state index contributed by atoms with van der Waals surface area (Å²) in [5.74, 6) is -0.391. The van der Waals surface area contributed by atoms with Gasteiger partial charge < -0.3 is 10.2 Å². The average Bonchev–Trinajstić information content (AvgIpc) is 3.31. The van der Waals surface area contributed by atoms with Crippen LogP contribution in [0.5, 0.6) is 0 Å². The Morgan fingerprint density at radius 1 is 1.06 bits per heavy atom. The number of hydrogen-bond acceptors (Lipinski definition) is 6. The van der Waals surface area contributed by atoms with Gasteiger partial charge in [0.25, 0.3) is 11.6 Å². The first kappa shape index (κ1) is 22.4. The van der Waals surface area contributed by atoms with Crippen LogP contribution in [0.2, 0.25) is 5.02 Å². The van der Waals surface area contributed by atoms with Crippen LogP contribution in [-0.4, -0.2) is 69.0 Å². The zero-order valence-electron chi connectivity index (χ0n) is 17.6. The molecule has 0 aliphatic carbocycles. The molecule has 3 aromatic rings. The number of rotatable bonds is 6. The largest absolute Gasteiger partial charge is 0.335 e. The molecule has 0 unspecified atom stereocenters. The quantitative estimate of drug-likeness (QED) is 0.439. The van der Waals surface area contributed by atoms with Crippen LogP contribution in [0.1, 0.15) is 10.5 Å². The lowest BCUT2D eigenvalue weighted by atomic mass is 10.2. The molecule has 10 nitrogen and oxygen atoms in total. The van der Waals surface area contributed by atoms with Crippen molar-refractivity contribution in [3.05, 3.63) is 81.6 Å². The lowest BCUT2D eigenvalue weighted by Gasteiger charge is -2.33. The number of nitro benzene ring substituents is 1. The highest BCUT2D eigenvalue weighted by molar-refractivity contribution is 6.33. The molecule has 0 bridgehead atoms. The fourth-order valence-electron chi connectivity index (χ4n) is 3.56. The summed E-state index contributed by atoms with van der Waals surface area (Å²) in [5, 5.41) is 18.6. The molecule has 2 heterocycles. The molecule has 2 aromatic carbocycles. The second-order valence-corrected chi connectivity index (χ2v) is 7.93.